The van der Waals surface area contributed by atoms with Crippen molar-refractivity contribution in [2.75, 3.05) is 38.0 Å². The van der Waals surface area contributed by atoms with E-state index in [1.165, 1.54) is 12.8 Å². The molecule has 0 radical (unpaired) electrons. The molecule has 0 aliphatic carbocycles. The molecular weight excluding hydrogens is 266 g/mol. The van der Waals surface area contributed by atoms with Crippen LogP contribution in [0.5, 0.6) is 0 Å². The fourth-order valence-corrected chi connectivity index (χ4v) is 3.16. The second kappa shape index (κ2) is 7.04. The summed E-state index contributed by atoms with van der Waals surface area (Å²) in [6, 6.07) is 0.460. The Morgan fingerprint density at radius 2 is 2.10 bits per heavy atom. The van der Waals surface area contributed by atoms with E-state index < -0.39 is 0 Å². The van der Waals surface area contributed by atoms with Crippen LogP contribution in [0.3, 0.4) is 0 Å². The molecule has 2 N–H and O–H groups in total. The number of carbonyl (C=O) groups excluding carboxylic acids is 1. The standard InChI is InChI=1S/C15H25N5O/c21-15(5-10-19-8-1-2-9-19)18-13-11-17-20(12-13)14-3-6-16-7-4-14/h11-12,14,16H,1-10H2,(H,18,21). The molecule has 0 atom stereocenters. The van der Waals surface area contributed by atoms with Gasteiger partial charge >= 0.3 is 0 Å². The highest BCUT2D eigenvalue weighted by Crippen LogP contribution is 2.19. The number of hydrogen-bond acceptors (Lipinski definition) is 4. The molecule has 0 bridgehead atoms. The predicted octanol–water partition coefficient (Wildman–Crippen LogP) is 1.23. The minimum absolute atomic E-state index is 0.0896. The normalized spacial score (nSPS) is 20.8. The Morgan fingerprint density at radius 3 is 2.86 bits per heavy atom. The van der Waals surface area contributed by atoms with Crippen molar-refractivity contribution >= 4 is 11.6 Å². The summed E-state index contributed by atoms with van der Waals surface area (Å²) in [5.74, 6) is 0.0896. The average Bonchev–Trinajstić information content (AvgIpc) is 3.17. The third-order valence-electron chi connectivity index (χ3n) is 4.42. The maximum atomic E-state index is 12.0. The highest BCUT2D eigenvalue weighted by atomic mass is 16.1. The molecule has 21 heavy (non-hydrogen) atoms. The maximum Gasteiger partial charge on any atom is 0.225 e. The third kappa shape index (κ3) is 4.04. The fourth-order valence-electron chi connectivity index (χ4n) is 3.16. The van der Waals surface area contributed by atoms with E-state index in [0.29, 0.717) is 12.5 Å². The van der Waals surface area contributed by atoms with Crippen molar-refractivity contribution in [1.29, 1.82) is 0 Å². The first kappa shape index (κ1) is 14.5. The molecule has 2 saturated heterocycles. The quantitative estimate of drug-likeness (QED) is 0.856. The van der Waals surface area contributed by atoms with Crippen LogP contribution in [0.2, 0.25) is 0 Å². The van der Waals surface area contributed by atoms with E-state index in [4.69, 9.17) is 0 Å². The summed E-state index contributed by atoms with van der Waals surface area (Å²) >= 11 is 0. The number of amides is 1. The van der Waals surface area contributed by atoms with Crippen LogP contribution in [-0.2, 0) is 4.79 Å². The summed E-state index contributed by atoms with van der Waals surface area (Å²) < 4.78 is 2.00. The van der Waals surface area contributed by atoms with E-state index in [9.17, 15) is 4.79 Å². The smallest absolute Gasteiger partial charge is 0.225 e. The Kier molecular flexibility index (Phi) is 4.87. The molecule has 0 saturated carbocycles. The fraction of sp³-hybridized carbons (Fsp3) is 0.733. The lowest BCUT2D eigenvalue weighted by Gasteiger charge is -2.22. The Morgan fingerprint density at radius 1 is 1.33 bits per heavy atom. The molecule has 2 fully saturated rings. The van der Waals surface area contributed by atoms with E-state index >= 15 is 0 Å². The minimum atomic E-state index is 0.0896. The third-order valence-corrected chi connectivity index (χ3v) is 4.42. The summed E-state index contributed by atoms with van der Waals surface area (Å²) in [5, 5.41) is 10.7. The van der Waals surface area contributed by atoms with Gasteiger partial charge in [-0.1, -0.05) is 0 Å². The lowest BCUT2D eigenvalue weighted by Crippen LogP contribution is -2.29. The summed E-state index contributed by atoms with van der Waals surface area (Å²) in [4.78, 5) is 14.3. The SMILES string of the molecule is O=C(CCN1CCCC1)Nc1cnn(C2CCNCC2)c1. The lowest BCUT2D eigenvalue weighted by molar-refractivity contribution is -0.116. The van der Waals surface area contributed by atoms with Crippen LogP contribution in [0.15, 0.2) is 12.4 Å². The topological polar surface area (TPSA) is 62.2 Å². The number of rotatable bonds is 5. The van der Waals surface area contributed by atoms with Gasteiger partial charge in [-0.15, -0.1) is 0 Å². The lowest BCUT2D eigenvalue weighted by atomic mass is 10.1. The molecule has 6 heteroatoms. The first-order chi connectivity index (χ1) is 10.3. The Bertz CT molecular complexity index is 460. The Balaban J connectivity index is 1.45. The number of hydrogen-bond donors (Lipinski definition) is 2. The number of nitrogens with one attached hydrogen (secondary N) is 2. The zero-order chi connectivity index (χ0) is 14.5. The number of anilines is 1. The van der Waals surface area contributed by atoms with Gasteiger partial charge in [-0.05, 0) is 51.9 Å². The first-order valence-electron chi connectivity index (χ1n) is 8.08. The number of carbonyl (C=O) groups is 1. The van der Waals surface area contributed by atoms with E-state index in [-0.39, 0.29) is 5.91 Å². The van der Waals surface area contributed by atoms with Crippen LogP contribution in [0, 0.1) is 0 Å². The molecule has 0 spiro atoms. The molecule has 0 unspecified atom stereocenters. The van der Waals surface area contributed by atoms with Crippen LogP contribution in [0.25, 0.3) is 0 Å². The van der Waals surface area contributed by atoms with Crippen LogP contribution < -0.4 is 10.6 Å². The molecule has 1 aromatic rings. The van der Waals surface area contributed by atoms with Gasteiger partial charge < -0.3 is 15.5 Å². The van der Waals surface area contributed by atoms with E-state index in [2.05, 4.69) is 20.6 Å². The van der Waals surface area contributed by atoms with Gasteiger partial charge in [0.25, 0.3) is 0 Å². The van der Waals surface area contributed by atoms with Crippen LogP contribution >= 0.6 is 0 Å². The second-order valence-corrected chi connectivity index (χ2v) is 6.04. The van der Waals surface area contributed by atoms with Crippen molar-refractivity contribution in [2.24, 2.45) is 0 Å². The van der Waals surface area contributed by atoms with Crippen molar-refractivity contribution in [2.45, 2.75) is 38.1 Å². The molecule has 2 aliphatic rings. The molecule has 116 valence electrons. The zero-order valence-electron chi connectivity index (χ0n) is 12.6. The van der Waals surface area contributed by atoms with E-state index in [1.54, 1.807) is 6.20 Å². The number of piperidine rings is 1. The molecule has 3 rings (SSSR count). The number of nitrogens with zero attached hydrogens (tertiary/aromatic N) is 3. The minimum Gasteiger partial charge on any atom is -0.323 e. The average molecular weight is 291 g/mol. The zero-order valence-corrected chi connectivity index (χ0v) is 12.6. The van der Waals surface area contributed by atoms with Gasteiger partial charge in [0.1, 0.15) is 0 Å². The molecule has 6 nitrogen and oxygen atoms in total. The summed E-state index contributed by atoms with van der Waals surface area (Å²) in [6.45, 7) is 5.24. The van der Waals surface area contributed by atoms with E-state index in [1.807, 2.05) is 10.9 Å². The molecule has 1 amide bonds. The summed E-state index contributed by atoms with van der Waals surface area (Å²) in [5.41, 5.74) is 0.819. The molecule has 3 heterocycles. The van der Waals surface area contributed by atoms with Gasteiger partial charge in [-0.2, -0.15) is 5.10 Å². The van der Waals surface area contributed by atoms with Gasteiger partial charge in [-0.3, -0.25) is 9.48 Å². The van der Waals surface area contributed by atoms with Crippen molar-refractivity contribution in [3.8, 4) is 0 Å². The molecule has 1 aromatic heterocycles. The molecule has 2 aliphatic heterocycles. The van der Waals surface area contributed by atoms with Gasteiger partial charge in [-0.25, -0.2) is 0 Å². The summed E-state index contributed by atoms with van der Waals surface area (Å²) in [6.07, 6.45) is 9.03. The van der Waals surface area contributed by atoms with Gasteiger partial charge in [0.15, 0.2) is 0 Å². The van der Waals surface area contributed by atoms with Crippen molar-refractivity contribution < 1.29 is 4.79 Å². The highest BCUT2D eigenvalue weighted by Gasteiger charge is 2.17. The Hall–Kier alpha value is -1.40. The van der Waals surface area contributed by atoms with Crippen LogP contribution in [0.4, 0.5) is 5.69 Å². The van der Waals surface area contributed by atoms with E-state index in [0.717, 1.165) is 51.3 Å². The largest absolute Gasteiger partial charge is 0.323 e. The second-order valence-electron chi connectivity index (χ2n) is 6.04. The first-order valence-corrected chi connectivity index (χ1v) is 8.08. The van der Waals surface area contributed by atoms with Gasteiger partial charge in [0.05, 0.1) is 17.9 Å². The number of aromatic nitrogens is 2. The number of likely N-dealkylation sites (tertiary alicyclic amines) is 1. The van der Waals surface area contributed by atoms with Crippen molar-refractivity contribution in [3.63, 3.8) is 0 Å². The highest BCUT2D eigenvalue weighted by molar-refractivity contribution is 5.90. The monoisotopic (exact) mass is 291 g/mol. The van der Waals surface area contributed by atoms with Crippen molar-refractivity contribution in [3.05, 3.63) is 12.4 Å². The summed E-state index contributed by atoms with van der Waals surface area (Å²) in [7, 11) is 0. The molecule has 0 aromatic carbocycles. The van der Waals surface area contributed by atoms with Crippen LogP contribution in [0.1, 0.15) is 38.1 Å². The maximum absolute atomic E-state index is 12.0. The predicted molar refractivity (Wildman–Crippen MR) is 82.3 cm³/mol. The van der Waals surface area contributed by atoms with Gasteiger partial charge in [0.2, 0.25) is 5.91 Å². The van der Waals surface area contributed by atoms with Gasteiger partial charge in [0, 0.05) is 19.2 Å². The molecular formula is C15H25N5O. The Labute approximate surface area is 125 Å². The van der Waals surface area contributed by atoms with Crippen molar-refractivity contribution in [1.82, 2.24) is 20.0 Å². The van der Waals surface area contributed by atoms with Crippen LogP contribution in [-0.4, -0.2) is 53.3 Å².